The average molecular weight is 1880 g/mol. The number of rotatable bonds is 11. The van der Waals surface area contributed by atoms with Gasteiger partial charge < -0.3 is 33.2 Å². The molecule has 0 amide bonds. The minimum absolute atomic E-state index is 0.00502. The monoisotopic (exact) mass is 1880 g/mol. The van der Waals surface area contributed by atoms with E-state index in [9.17, 15) is 38.4 Å². The van der Waals surface area contributed by atoms with Crippen LogP contribution in [-0.4, -0.2) is 90.3 Å². The lowest BCUT2D eigenvalue weighted by atomic mass is 9.70. The molecule has 0 heterocycles. The number of carbonyl (C=O) groups is 8. The third kappa shape index (κ3) is 19.6. The smallest absolute Gasteiger partial charge is 0.306 e. The van der Waals surface area contributed by atoms with Gasteiger partial charge in [0, 0.05) is 103 Å². The standard InChI is InChI=1S/2C15H26O2.5C12H20O2.C10H16O.2C10H16/c2*1-10(2)8-13(16)17-12-9-11-6-7-15(12,5)14(11,3)4;1-8(13)14-10-11(2,3)9-5-6-12(10,4)7-9;4*1-8(13)14-10-7-9-5-6-12(10,4)11(9,2)3;1-9(2)7-4-5-10(9,3)8(11)6-7;2*1-7-8-4-5-9(6-8)10(7,2)3/h2*10-12H,6-9H2,1-5H3;5*9-10H,5-7H2,1-4H3;7H,4-6H2,1-3H3;2*8-9H,1,4-6H2,2-3H3/t11-,12+,15+;;;9-,10+,12+;9-,10-,12+;;;;8-,9+;/m0..00...0./s1. The first-order valence-corrected chi connectivity index (χ1v) is 54.8. The van der Waals surface area contributed by atoms with Crippen LogP contribution in [0.4, 0.5) is 0 Å². The first-order chi connectivity index (χ1) is 61.6. The Bertz CT molecular complexity index is 4010. The van der Waals surface area contributed by atoms with Crippen molar-refractivity contribution in [2.45, 2.75) is 504 Å². The van der Waals surface area contributed by atoms with E-state index >= 15 is 0 Å². The van der Waals surface area contributed by atoms with Crippen LogP contribution in [0.3, 0.4) is 0 Å². The molecule has 16 unspecified atom stereocenters. The maximum Gasteiger partial charge on any atom is 0.306 e. The summed E-state index contributed by atoms with van der Waals surface area (Å²) in [6.07, 6.45) is 39.4. The summed E-state index contributed by atoms with van der Waals surface area (Å²) >= 11 is 0. The molecule has 20 rings (SSSR count). The Balaban J connectivity index is 0.000000145. The van der Waals surface area contributed by atoms with Gasteiger partial charge in [-0.1, -0.05) is 246 Å². The molecule has 0 aromatic heterocycles. The summed E-state index contributed by atoms with van der Waals surface area (Å²) < 4.78 is 38.8. The predicted octanol–water partition coefficient (Wildman–Crippen LogP) is 29.8. The van der Waals surface area contributed by atoms with Crippen molar-refractivity contribution in [1.82, 2.24) is 0 Å². The van der Waals surface area contributed by atoms with Gasteiger partial charge in [-0.2, -0.15) is 0 Å². The molecular formula is C120H200O15. The fourth-order valence-corrected chi connectivity index (χ4v) is 33.8. The number of ether oxygens (including phenoxy) is 7. The Morgan fingerprint density at radius 1 is 0.289 bits per heavy atom. The van der Waals surface area contributed by atoms with Gasteiger partial charge in [0.05, 0.1) is 0 Å². The molecule has 20 aliphatic rings. The molecule has 0 spiro atoms. The quantitative estimate of drug-likeness (QED) is 0.107. The fourth-order valence-electron chi connectivity index (χ4n) is 33.8. The zero-order valence-corrected chi connectivity index (χ0v) is 93.3. The van der Waals surface area contributed by atoms with Crippen molar-refractivity contribution >= 4 is 47.6 Å². The van der Waals surface area contributed by atoms with Gasteiger partial charge in [-0.15, -0.1) is 0 Å². The van der Waals surface area contributed by atoms with Crippen molar-refractivity contribution in [2.75, 3.05) is 0 Å². The van der Waals surface area contributed by atoms with E-state index in [0.29, 0.717) is 79.7 Å². The number of Topliss-reactive ketones (excluding diaryl/α,β-unsaturated/α-hetero) is 1. The zero-order chi connectivity index (χ0) is 101. The summed E-state index contributed by atoms with van der Waals surface area (Å²) in [6.45, 7) is 88.9. The van der Waals surface area contributed by atoms with Gasteiger partial charge in [-0.05, 0) is 318 Å². The van der Waals surface area contributed by atoms with Crippen LogP contribution in [0.2, 0.25) is 0 Å². The molecule has 0 N–H and O–H groups in total. The van der Waals surface area contributed by atoms with Crippen LogP contribution in [0.15, 0.2) is 24.3 Å². The topological polar surface area (TPSA) is 201 Å². The van der Waals surface area contributed by atoms with Crippen LogP contribution in [0, 0.1) is 180 Å². The highest BCUT2D eigenvalue weighted by molar-refractivity contribution is 5.89. The maximum absolute atomic E-state index is 11.8. The van der Waals surface area contributed by atoms with E-state index in [0.717, 1.165) is 116 Å². The van der Waals surface area contributed by atoms with Crippen LogP contribution in [0.5, 0.6) is 0 Å². The molecule has 0 aliphatic heterocycles. The molecule has 20 fully saturated rings. The van der Waals surface area contributed by atoms with Crippen LogP contribution >= 0.6 is 0 Å². The molecule has 15 nitrogen and oxygen atoms in total. The van der Waals surface area contributed by atoms with E-state index in [1.54, 1.807) is 0 Å². The van der Waals surface area contributed by atoms with Crippen LogP contribution in [0.1, 0.15) is 462 Å². The summed E-state index contributed by atoms with van der Waals surface area (Å²) in [5.74, 6) is 10.3. The molecule has 770 valence electrons. The fraction of sp³-hybridized carbons (Fsp3) is 0.900. The van der Waals surface area contributed by atoms with Gasteiger partial charge >= 0.3 is 41.8 Å². The first-order valence-electron chi connectivity index (χ1n) is 54.8. The van der Waals surface area contributed by atoms with E-state index in [-0.39, 0.29) is 139 Å². The molecule has 0 radical (unpaired) electrons. The molecule has 0 aromatic carbocycles. The molecule has 135 heavy (non-hydrogen) atoms. The molecular weight excluding hydrogens is 1680 g/mol. The molecule has 15 heteroatoms. The van der Waals surface area contributed by atoms with Gasteiger partial charge in [0.25, 0.3) is 0 Å². The molecule has 27 atom stereocenters. The highest BCUT2D eigenvalue weighted by atomic mass is 16.6. The number of hydrogen-bond acceptors (Lipinski definition) is 15. The predicted molar refractivity (Wildman–Crippen MR) is 543 cm³/mol. The average Bonchev–Trinajstić information content (AvgIpc) is 1.58. The Morgan fingerprint density at radius 3 is 0.681 bits per heavy atom. The Morgan fingerprint density at radius 2 is 0.533 bits per heavy atom. The van der Waals surface area contributed by atoms with Crippen LogP contribution in [0.25, 0.3) is 0 Å². The Kier molecular flexibility index (Phi) is 31.6. The normalized spacial score (nSPS) is 42.7. The van der Waals surface area contributed by atoms with Crippen molar-refractivity contribution < 1.29 is 71.5 Å². The summed E-state index contributed by atoms with van der Waals surface area (Å²) in [6, 6.07) is 0. The van der Waals surface area contributed by atoms with Crippen LogP contribution < -0.4 is 0 Å². The minimum atomic E-state index is -0.128. The SMILES string of the molecule is C=C1C2CCC(C2)C1(C)C.C=C1[C@H]2CC[C@H](C2)C1(C)C.CC(=O)OC1C2(C)CCC(C2)C1(C)C.CC(=O)OC1CC2CCC1(C)C2(C)C.CC(=O)OC1CC2CCC1(C)C2(C)C.CC(=O)O[C@@H]1C[C@@H]2CC[C@@]1(C)C2(C)C.CC(=O)O[C@H]1C[C@@H]2CC[C@@]1(C)C2(C)C.CC(C)CC(=O)OC1CC2CCC1(C)C2(C)C.CC(C)CC(=O)O[C@@H]1C[C@@H]2CC[C@@]1(C)C2(C)C.CC12CCC(CC1=O)C2(C)C. The van der Waals surface area contributed by atoms with Crippen molar-refractivity contribution in [3.8, 4) is 0 Å². The molecule has 0 aromatic rings. The summed E-state index contributed by atoms with van der Waals surface area (Å²) in [5.41, 5.74) is 8.01. The van der Waals surface area contributed by atoms with Gasteiger partial charge in [-0.25, -0.2) is 0 Å². The lowest BCUT2D eigenvalue weighted by Crippen LogP contribution is -2.43. The zero-order valence-electron chi connectivity index (χ0n) is 93.3. The van der Waals surface area contributed by atoms with E-state index < -0.39 is 0 Å². The van der Waals surface area contributed by atoms with Crippen LogP contribution in [-0.2, 0) is 71.5 Å². The largest absolute Gasteiger partial charge is 0.462 e. The number of fused-ring (bicyclic) bond motifs is 20. The maximum atomic E-state index is 11.8. The summed E-state index contributed by atoms with van der Waals surface area (Å²) in [4.78, 5) is 90.3. The molecule has 20 bridgehead atoms. The molecule has 20 saturated carbocycles. The first kappa shape index (κ1) is 111. The van der Waals surface area contributed by atoms with Crippen molar-refractivity contribution in [3.05, 3.63) is 24.3 Å². The number of hydrogen-bond donors (Lipinski definition) is 0. The number of allylic oxidation sites excluding steroid dienone is 2. The third-order valence-electron chi connectivity index (χ3n) is 47.7. The molecule has 20 aliphatic carbocycles. The second-order valence-electron chi connectivity index (χ2n) is 56.9. The minimum Gasteiger partial charge on any atom is -0.462 e. The highest BCUT2D eigenvalue weighted by Gasteiger charge is 2.70. The van der Waals surface area contributed by atoms with Gasteiger partial charge in [-0.3, -0.25) is 38.4 Å². The van der Waals surface area contributed by atoms with Gasteiger partial charge in [0.15, 0.2) is 0 Å². The van der Waals surface area contributed by atoms with E-state index in [2.05, 4.69) is 235 Å². The second-order valence-corrected chi connectivity index (χ2v) is 56.9. The molecule has 0 saturated heterocycles. The van der Waals surface area contributed by atoms with Gasteiger partial charge in [0.1, 0.15) is 48.5 Å². The second kappa shape index (κ2) is 38.5. The van der Waals surface area contributed by atoms with Crippen molar-refractivity contribution in [3.63, 3.8) is 0 Å². The van der Waals surface area contributed by atoms with E-state index in [1.807, 2.05) is 0 Å². The number of carbonyl (C=O) groups excluding carboxylic acids is 8. The van der Waals surface area contributed by atoms with Crippen molar-refractivity contribution in [2.24, 2.45) is 180 Å². The number of ketones is 1. The highest BCUT2D eigenvalue weighted by Crippen LogP contribution is 2.74. The van der Waals surface area contributed by atoms with Crippen molar-refractivity contribution in [1.29, 1.82) is 0 Å². The lowest BCUT2D eigenvalue weighted by Gasteiger charge is -2.41. The third-order valence-corrected chi connectivity index (χ3v) is 47.7. The Labute approximate surface area is 823 Å². The van der Waals surface area contributed by atoms with Gasteiger partial charge in [0.2, 0.25) is 0 Å². The number of esters is 7. The van der Waals surface area contributed by atoms with E-state index in [1.165, 1.54) is 187 Å². The summed E-state index contributed by atoms with van der Waals surface area (Å²) in [5, 5.41) is 0. The Hall–Kier alpha value is -4.56. The van der Waals surface area contributed by atoms with E-state index in [4.69, 9.17) is 33.2 Å². The summed E-state index contributed by atoms with van der Waals surface area (Å²) in [7, 11) is 0. The lowest BCUT2D eigenvalue weighted by molar-refractivity contribution is -0.162.